The fourth-order valence-electron chi connectivity index (χ4n) is 3.06. The number of β-lactam (4-membered cyclic amide) rings is 1. The first-order chi connectivity index (χ1) is 10.3. The number of furan rings is 1. The maximum atomic E-state index is 12.3. The molecule has 8 heteroatoms. The highest BCUT2D eigenvalue weighted by Gasteiger charge is 2.66. The number of aliphatic hydroxyl groups is 1. The van der Waals surface area contributed by atoms with Gasteiger partial charge >= 0.3 is 5.97 Å². The van der Waals surface area contributed by atoms with Crippen molar-refractivity contribution in [3.8, 4) is 0 Å². The monoisotopic (exact) mass is 325 g/mol. The number of carboxylic acid groups (broad SMARTS) is 1. The molecule has 2 aliphatic heterocycles. The maximum absolute atomic E-state index is 12.3. The number of ketones is 1. The van der Waals surface area contributed by atoms with Crippen LogP contribution >= 0.6 is 11.8 Å². The summed E-state index contributed by atoms with van der Waals surface area (Å²) >= 11 is 1.29. The van der Waals surface area contributed by atoms with Gasteiger partial charge in [-0.25, -0.2) is 4.79 Å². The van der Waals surface area contributed by atoms with Crippen molar-refractivity contribution in [2.24, 2.45) is 5.92 Å². The molecule has 1 aromatic heterocycles. The molecule has 3 heterocycles. The zero-order valence-electron chi connectivity index (χ0n) is 11.9. The minimum Gasteiger partial charge on any atom is -0.480 e. The number of hydrogen-bond donors (Lipinski definition) is 2. The van der Waals surface area contributed by atoms with Crippen LogP contribution in [0, 0.1) is 5.92 Å². The van der Waals surface area contributed by atoms with E-state index in [2.05, 4.69) is 0 Å². The number of aliphatic hydroxyl groups excluding tert-OH is 1. The van der Waals surface area contributed by atoms with Crippen LogP contribution in [0.5, 0.6) is 0 Å². The summed E-state index contributed by atoms with van der Waals surface area (Å²) in [7, 11) is 0. The molecule has 1 amide bonds. The van der Waals surface area contributed by atoms with E-state index in [1.807, 2.05) is 0 Å². The first kappa shape index (κ1) is 15.1. The summed E-state index contributed by atoms with van der Waals surface area (Å²) in [6.45, 7) is 3.47. The Balaban J connectivity index is 1.83. The van der Waals surface area contributed by atoms with Crippen LogP contribution in [-0.4, -0.2) is 55.0 Å². The van der Waals surface area contributed by atoms with Gasteiger partial charge in [0.25, 0.3) is 0 Å². The topological polar surface area (TPSA) is 108 Å². The van der Waals surface area contributed by atoms with Crippen molar-refractivity contribution in [2.45, 2.75) is 36.1 Å². The van der Waals surface area contributed by atoms with E-state index in [1.54, 1.807) is 13.8 Å². The fraction of sp³-hybridized carbons (Fsp3) is 0.500. The van der Waals surface area contributed by atoms with Gasteiger partial charge in [-0.15, -0.1) is 11.8 Å². The number of carbonyl (C=O) groups excluding carboxylic acids is 2. The lowest BCUT2D eigenvalue weighted by molar-refractivity contribution is -0.167. The van der Waals surface area contributed by atoms with Crippen LogP contribution in [0.3, 0.4) is 0 Å². The molecule has 0 saturated carbocycles. The average molecular weight is 325 g/mol. The smallest absolute Gasteiger partial charge is 0.327 e. The minimum atomic E-state index is -1.53. The first-order valence-electron chi connectivity index (χ1n) is 6.74. The van der Waals surface area contributed by atoms with Crippen molar-refractivity contribution in [1.29, 1.82) is 0 Å². The van der Waals surface area contributed by atoms with Crippen molar-refractivity contribution < 1.29 is 29.0 Å². The molecular weight excluding hydrogens is 310 g/mol. The van der Waals surface area contributed by atoms with Crippen LogP contribution in [0.1, 0.15) is 24.4 Å². The predicted molar refractivity (Wildman–Crippen MR) is 76.3 cm³/mol. The van der Waals surface area contributed by atoms with Crippen LogP contribution in [0.25, 0.3) is 0 Å². The molecule has 1 aromatic rings. The highest BCUT2D eigenvalue weighted by molar-refractivity contribution is 8.01. The average Bonchev–Trinajstić information content (AvgIpc) is 3.02. The van der Waals surface area contributed by atoms with E-state index in [-0.39, 0.29) is 5.76 Å². The number of hydrogen-bond acceptors (Lipinski definition) is 6. The summed E-state index contributed by atoms with van der Waals surface area (Å²) < 4.78 is 4.26. The standard InChI is InChI=1S/C14H15NO6S/c1-14(2)10(13(19)20)15-11(18)7(12(15)22-14)9(17)8(16)6-4-3-5-21-6/h3-5,7,9-10,12,17H,1-2H3,(H,19,20)/t7-,9?,10+,12-/m1/s1. The number of amides is 1. The molecule has 0 radical (unpaired) electrons. The molecule has 22 heavy (non-hydrogen) atoms. The second-order valence-corrected chi connectivity index (χ2v) is 7.68. The van der Waals surface area contributed by atoms with Gasteiger partial charge in [0, 0.05) is 4.75 Å². The molecule has 4 atom stereocenters. The SMILES string of the molecule is CC1(C)S[C@@H]2[C@H](C(O)C(=O)c3ccco3)C(=O)N2[C@H]1C(=O)O. The fourth-order valence-corrected chi connectivity index (χ4v) is 4.78. The first-order valence-corrected chi connectivity index (χ1v) is 7.62. The van der Waals surface area contributed by atoms with E-state index in [1.165, 1.54) is 35.1 Å². The zero-order valence-corrected chi connectivity index (χ0v) is 12.7. The van der Waals surface area contributed by atoms with Gasteiger partial charge in [-0.2, -0.15) is 0 Å². The largest absolute Gasteiger partial charge is 0.480 e. The molecule has 2 aliphatic rings. The Kier molecular flexibility index (Phi) is 3.33. The Morgan fingerprint density at radius 1 is 1.45 bits per heavy atom. The Bertz CT molecular complexity index is 640. The van der Waals surface area contributed by atoms with Gasteiger partial charge in [0.2, 0.25) is 11.7 Å². The highest BCUT2D eigenvalue weighted by atomic mass is 32.2. The quantitative estimate of drug-likeness (QED) is 0.616. The Morgan fingerprint density at radius 3 is 2.68 bits per heavy atom. The van der Waals surface area contributed by atoms with Gasteiger partial charge < -0.3 is 19.5 Å². The predicted octanol–water partition coefficient (Wildman–Crippen LogP) is 0.586. The third-order valence-corrected chi connectivity index (χ3v) is 5.68. The molecule has 3 rings (SSSR count). The molecule has 2 saturated heterocycles. The van der Waals surface area contributed by atoms with Gasteiger partial charge in [-0.3, -0.25) is 9.59 Å². The van der Waals surface area contributed by atoms with Crippen molar-refractivity contribution >= 4 is 29.4 Å². The summed E-state index contributed by atoms with van der Waals surface area (Å²) in [5.74, 6) is -3.22. The minimum absolute atomic E-state index is 0.0178. The Morgan fingerprint density at radius 2 is 2.14 bits per heavy atom. The lowest BCUT2D eigenvalue weighted by Crippen LogP contribution is -2.66. The lowest BCUT2D eigenvalue weighted by Gasteiger charge is -2.44. The van der Waals surface area contributed by atoms with Crippen molar-refractivity contribution in [2.75, 3.05) is 0 Å². The second kappa shape index (κ2) is 4.85. The Labute approximate surface area is 130 Å². The van der Waals surface area contributed by atoms with E-state index >= 15 is 0 Å². The number of rotatable bonds is 4. The van der Waals surface area contributed by atoms with Crippen LogP contribution in [0.2, 0.25) is 0 Å². The summed E-state index contributed by atoms with van der Waals surface area (Å²) in [4.78, 5) is 37.0. The molecule has 0 spiro atoms. The number of nitrogens with zero attached hydrogens (tertiary/aromatic N) is 1. The summed E-state index contributed by atoms with van der Waals surface area (Å²) in [5, 5.41) is 19.0. The summed E-state index contributed by atoms with van der Waals surface area (Å²) in [5.41, 5.74) is 0. The molecular formula is C14H15NO6S. The molecule has 1 unspecified atom stereocenters. The molecule has 118 valence electrons. The van der Waals surface area contributed by atoms with Crippen LogP contribution in [-0.2, 0) is 9.59 Å². The number of fused-ring (bicyclic) bond motifs is 1. The zero-order chi connectivity index (χ0) is 16.2. The van der Waals surface area contributed by atoms with E-state index in [0.29, 0.717) is 0 Å². The number of thioether (sulfide) groups is 1. The summed E-state index contributed by atoms with van der Waals surface area (Å²) in [6, 6.07) is 1.97. The number of Topliss-reactive ketones (excluding diaryl/α,β-unsaturated/α-hetero) is 1. The van der Waals surface area contributed by atoms with Crippen molar-refractivity contribution in [3.63, 3.8) is 0 Å². The third kappa shape index (κ3) is 1.98. The second-order valence-electron chi connectivity index (χ2n) is 5.91. The van der Waals surface area contributed by atoms with Gasteiger partial charge in [-0.05, 0) is 26.0 Å². The van der Waals surface area contributed by atoms with Gasteiger partial charge in [-0.1, -0.05) is 0 Å². The third-order valence-electron chi connectivity index (χ3n) is 4.09. The molecule has 2 N–H and O–H groups in total. The van der Waals surface area contributed by atoms with Crippen molar-refractivity contribution in [3.05, 3.63) is 24.2 Å². The van der Waals surface area contributed by atoms with Crippen LogP contribution < -0.4 is 0 Å². The Hall–Kier alpha value is -1.80. The van der Waals surface area contributed by atoms with E-state index in [4.69, 9.17) is 4.42 Å². The molecule has 7 nitrogen and oxygen atoms in total. The molecule has 2 fully saturated rings. The summed E-state index contributed by atoms with van der Waals surface area (Å²) in [6.07, 6.45) is -0.223. The molecule has 0 bridgehead atoms. The number of carboxylic acids is 1. The lowest BCUT2D eigenvalue weighted by atomic mass is 9.86. The van der Waals surface area contributed by atoms with E-state index < -0.39 is 45.8 Å². The van der Waals surface area contributed by atoms with Gasteiger partial charge in [0.15, 0.2) is 5.76 Å². The van der Waals surface area contributed by atoms with Gasteiger partial charge in [0.1, 0.15) is 18.1 Å². The molecule has 0 aromatic carbocycles. The van der Waals surface area contributed by atoms with Crippen molar-refractivity contribution in [1.82, 2.24) is 4.90 Å². The number of aliphatic carboxylic acids is 1. The van der Waals surface area contributed by atoms with Crippen LogP contribution in [0.4, 0.5) is 0 Å². The van der Waals surface area contributed by atoms with Crippen LogP contribution in [0.15, 0.2) is 22.8 Å². The maximum Gasteiger partial charge on any atom is 0.327 e. The van der Waals surface area contributed by atoms with Gasteiger partial charge in [0.05, 0.1) is 11.6 Å². The van der Waals surface area contributed by atoms with E-state index in [0.717, 1.165) is 0 Å². The highest BCUT2D eigenvalue weighted by Crippen LogP contribution is 2.54. The molecule has 0 aliphatic carbocycles. The number of carbonyl (C=O) groups is 3. The van der Waals surface area contributed by atoms with E-state index in [9.17, 15) is 24.6 Å². The normalized spacial score (nSPS) is 30.6.